The molecular formula is C13H13BrO4. The minimum atomic E-state index is -0.950. The van der Waals surface area contributed by atoms with Crippen LogP contribution in [-0.4, -0.2) is 31.4 Å². The topological polar surface area (TPSA) is 55.8 Å². The Morgan fingerprint density at radius 3 is 2.72 bits per heavy atom. The highest BCUT2D eigenvalue weighted by molar-refractivity contribution is 9.10. The van der Waals surface area contributed by atoms with E-state index in [1.165, 1.54) is 6.08 Å². The highest BCUT2D eigenvalue weighted by Crippen LogP contribution is 2.37. The van der Waals surface area contributed by atoms with Gasteiger partial charge in [0.15, 0.2) is 0 Å². The minimum absolute atomic E-state index is 0.340. The molecule has 0 spiro atoms. The number of halogens is 1. The van der Waals surface area contributed by atoms with Crippen molar-refractivity contribution in [3.8, 4) is 5.75 Å². The number of carboxylic acid groups (broad SMARTS) is 1. The predicted octanol–water partition coefficient (Wildman–Crippen LogP) is 2.37. The molecule has 0 amide bonds. The van der Waals surface area contributed by atoms with Crippen LogP contribution < -0.4 is 4.74 Å². The lowest BCUT2D eigenvalue weighted by atomic mass is 9.78. The summed E-state index contributed by atoms with van der Waals surface area (Å²) in [6.07, 6.45) is 2.85. The molecule has 1 fully saturated rings. The molecule has 1 aliphatic rings. The molecule has 1 aliphatic heterocycles. The van der Waals surface area contributed by atoms with E-state index in [0.717, 1.165) is 15.8 Å². The van der Waals surface area contributed by atoms with Crippen molar-refractivity contribution >= 4 is 21.9 Å². The van der Waals surface area contributed by atoms with Crippen molar-refractivity contribution in [2.24, 2.45) is 0 Å². The summed E-state index contributed by atoms with van der Waals surface area (Å²) in [5.41, 5.74) is 0.673. The van der Waals surface area contributed by atoms with Crippen LogP contribution in [0.1, 0.15) is 5.56 Å². The quantitative estimate of drug-likeness (QED) is 0.867. The number of hydrogen-bond donors (Lipinski definition) is 1. The second-order valence-corrected chi connectivity index (χ2v) is 5.02. The number of benzene rings is 1. The lowest BCUT2D eigenvalue weighted by Gasteiger charge is -2.39. The van der Waals surface area contributed by atoms with Gasteiger partial charge >= 0.3 is 5.97 Å². The van der Waals surface area contributed by atoms with Crippen molar-refractivity contribution < 1.29 is 19.4 Å². The fraction of sp³-hybridized carbons (Fsp3) is 0.308. The maximum atomic E-state index is 10.6. The highest BCUT2D eigenvalue weighted by atomic mass is 79.9. The molecule has 1 heterocycles. The Kier molecular flexibility index (Phi) is 3.73. The number of carboxylic acids is 1. The second-order valence-electron chi connectivity index (χ2n) is 4.17. The van der Waals surface area contributed by atoms with E-state index in [1.54, 1.807) is 13.2 Å². The van der Waals surface area contributed by atoms with E-state index in [4.69, 9.17) is 14.6 Å². The van der Waals surface area contributed by atoms with Crippen molar-refractivity contribution in [2.45, 2.75) is 5.41 Å². The lowest BCUT2D eigenvalue weighted by molar-refractivity contribution is -0.131. The summed E-state index contributed by atoms with van der Waals surface area (Å²) in [5.74, 6) is -0.204. The van der Waals surface area contributed by atoms with Gasteiger partial charge in [0.2, 0.25) is 0 Å². The van der Waals surface area contributed by atoms with Crippen LogP contribution in [-0.2, 0) is 14.9 Å². The third-order valence-electron chi connectivity index (χ3n) is 2.99. The number of aliphatic carboxylic acids is 1. The number of carbonyl (C=O) groups is 1. The van der Waals surface area contributed by atoms with E-state index in [2.05, 4.69) is 15.9 Å². The number of ether oxygens (including phenoxy) is 2. The van der Waals surface area contributed by atoms with E-state index in [0.29, 0.717) is 13.2 Å². The summed E-state index contributed by atoms with van der Waals surface area (Å²) >= 11 is 3.43. The fourth-order valence-corrected chi connectivity index (χ4v) is 2.43. The Bertz CT molecular complexity index is 492. The number of rotatable bonds is 4. The molecule has 0 radical (unpaired) electrons. The van der Waals surface area contributed by atoms with Crippen LogP contribution in [0.4, 0.5) is 0 Å². The average molecular weight is 313 g/mol. The summed E-state index contributed by atoms with van der Waals surface area (Å²) < 4.78 is 11.2. The fourth-order valence-electron chi connectivity index (χ4n) is 1.89. The Balaban J connectivity index is 2.33. The molecule has 0 aromatic heterocycles. The van der Waals surface area contributed by atoms with Crippen LogP contribution >= 0.6 is 15.9 Å². The van der Waals surface area contributed by atoms with E-state index in [9.17, 15) is 4.79 Å². The normalized spacial score (nSPS) is 17.4. The molecule has 1 saturated heterocycles. The molecule has 5 heteroatoms. The van der Waals surface area contributed by atoms with Gasteiger partial charge < -0.3 is 14.6 Å². The van der Waals surface area contributed by atoms with Crippen molar-refractivity contribution in [2.75, 3.05) is 20.3 Å². The molecule has 0 saturated carbocycles. The molecule has 2 rings (SSSR count). The monoisotopic (exact) mass is 312 g/mol. The molecule has 4 nitrogen and oxygen atoms in total. The molecule has 0 bridgehead atoms. The van der Waals surface area contributed by atoms with Crippen molar-refractivity contribution in [3.05, 3.63) is 40.4 Å². The zero-order chi connectivity index (χ0) is 13.2. The van der Waals surface area contributed by atoms with E-state index < -0.39 is 5.97 Å². The summed E-state index contributed by atoms with van der Waals surface area (Å²) in [6, 6.07) is 5.72. The lowest BCUT2D eigenvalue weighted by Crippen LogP contribution is -2.45. The molecule has 0 aliphatic carbocycles. The highest BCUT2D eigenvalue weighted by Gasteiger charge is 2.38. The van der Waals surface area contributed by atoms with Gasteiger partial charge in [-0.05, 0) is 33.6 Å². The van der Waals surface area contributed by atoms with Gasteiger partial charge in [0.25, 0.3) is 0 Å². The summed E-state index contributed by atoms with van der Waals surface area (Å²) in [4.78, 5) is 10.6. The van der Waals surface area contributed by atoms with Gasteiger partial charge in [-0.3, -0.25) is 0 Å². The van der Waals surface area contributed by atoms with Gasteiger partial charge in [-0.25, -0.2) is 4.79 Å². The van der Waals surface area contributed by atoms with Crippen LogP contribution in [0, 0.1) is 0 Å². The molecule has 18 heavy (non-hydrogen) atoms. The zero-order valence-corrected chi connectivity index (χ0v) is 11.4. The number of methoxy groups -OCH3 is 1. The minimum Gasteiger partial charge on any atom is -0.496 e. The van der Waals surface area contributed by atoms with E-state index in [-0.39, 0.29) is 5.41 Å². The summed E-state index contributed by atoms with van der Waals surface area (Å²) in [6.45, 7) is 0.991. The third kappa shape index (κ3) is 2.42. The van der Waals surface area contributed by atoms with Gasteiger partial charge in [0.1, 0.15) is 5.75 Å². The molecule has 1 aromatic rings. The zero-order valence-electron chi connectivity index (χ0n) is 9.85. The van der Waals surface area contributed by atoms with Gasteiger partial charge in [-0.15, -0.1) is 0 Å². The van der Waals surface area contributed by atoms with Gasteiger partial charge in [0, 0.05) is 6.08 Å². The molecule has 0 unspecified atom stereocenters. The van der Waals surface area contributed by atoms with E-state index in [1.807, 2.05) is 18.2 Å². The first-order valence-corrected chi connectivity index (χ1v) is 6.21. The van der Waals surface area contributed by atoms with Crippen LogP contribution in [0.5, 0.6) is 5.75 Å². The second kappa shape index (κ2) is 5.12. The maximum Gasteiger partial charge on any atom is 0.328 e. The molecule has 1 N–H and O–H groups in total. The molecule has 0 atom stereocenters. The standard InChI is InChI=1S/C13H13BrO4/c1-17-11-3-2-9(6-10(11)14)13(7-18-8-13)5-4-12(15)16/h2-6H,7-8H2,1H3,(H,15,16)/b5-4+. The first kappa shape index (κ1) is 13.1. The average Bonchev–Trinajstić information content (AvgIpc) is 2.27. The summed E-state index contributed by atoms with van der Waals surface area (Å²) in [7, 11) is 1.60. The Hall–Kier alpha value is -1.33. The third-order valence-corrected chi connectivity index (χ3v) is 3.61. The smallest absolute Gasteiger partial charge is 0.328 e. The van der Waals surface area contributed by atoms with Gasteiger partial charge in [-0.2, -0.15) is 0 Å². The van der Waals surface area contributed by atoms with E-state index >= 15 is 0 Å². The Morgan fingerprint density at radius 1 is 1.56 bits per heavy atom. The summed E-state index contributed by atoms with van der Waals surface area (Å²) in [5, 5.41) is 8.72. The molecule has 96 valence electrons. The molecular weight excluding hydrogens is 300 g/mol. The SMILES string of the molecule is COc1ccc(C2(/C=C/C(=O)O)COC2)cc1Br. The van der Waals surface area contributed by atoms with Crippen LogP contribution in [0.3, 0.4) is 0 Å². The van der Waals surface area contributed by atoms with Crippen LogP contribution in [0.2, 0.25) is 0 Å². The van der Waals surface area contributed by atoms with Crippen LogP contribution in [0.25, 0.3) is 0 Å². The van der Waals surface area contributed by atoms with Crippen molar-refractivity contribution in [3.63, 3.8) is 0 Å². The Labute approximate surface area is 113 Å². The molecule has 1 aromatic carbocycles. The van der Waals surface area contributed by atoms with Gasteiger partial charge in [0.05, 0.1) is 30.2 Å². The first-order chi connectivity index (χ1) is 8.57. The van der Waals surface area contributed by atoms with Gasteiger partial charge in [-0.1, -0.05) is 12.1 Å². The van der Waals surface area contributed by atoms with Crippen molar-refractivity contribution in [1.82, 2.24) is 0 Å². The van der Waals surface area contributed by atoms with Crippen molar-refractivity contribution in [1.29, 1.82) is 0 Å². The largest absolute Gasteiger partial charge is 0.496 e. The predicted molar refractivity (Wildman–Crippen MR) is 70.0 cm³/mol. The van der Waals surface area contributed by atoms with Crippen LogP contribution in [0.15, 0.2) is 34.8 Å². The number of hydrogen-bond acceptors (Lipinski definition) is 3. The maximum absolute atomic E-state index is 10.6. The Morgan fingerprint density at radius 2 is 2.28 bits per heavy atom. The first-order valence-electron chi connectivity index (χ1n) is 5.41.